The molecule has 2 aromatic carbocycles. The number of hydrogen-bond donors (Lipinski definition) is 2. The highest BCUT2D eigenvalue weighted by atomic mass is 35.5. The Bertz CT molecular complexity index is 1160. The molecule has 0 spiro atoms. The summed E-state index contributed by atoms with van der Waals surface area (Å²) in [5.41, 5.74) is 2.95. The van der Waals surface area contributed by atoms with E-state index in [4.69, 9.17) is 16.3 Å². The monoisotopic (exact) mass is 459 g/mol. The average Bonchev–Trinajstić information content (AvgIpc) is 3.07. The summed E-state index contributed by atoms with van der Waals surface area (Å²) in [6, 6.07) is 10.1. The molecule has 0 fully saturated rings. The van der Waals surface area contributed by atoms with E-state index >= 15 is 0 Å². The van der Waals surface area contributed by atoms with Crippen molar-refractivity contribution in [2.45, 2.75) is 19.8 Å². The molecule has 32 heavy (non-hydrogen) atoms. The van der Waals surface area contributed by atoms with Crippen LogP contribution < -0.4 is 10.1 Å². The number of amides is 1. The molecule has 0 atom stereocenters. The molecule has 2 N–H and O–H groups in total. The lowest BCUT2D eigenvalue weighted by atomic mass is 9.95. The van der Waals surface area contributed by atoms with Gasteiger partial charge in [0.2, 0.25) is 5.91 Å². The summed E-state index contributed by atoms with van der Waals surface area (Å²) in [4.78, 5) is 43.5. The molecule has 10 heteroatoms. The number of carbonyl (C=O) groups is 2. The maximum atomic E-state index is 13.4. The van der Waals surface area contributed by atoms with E-state index in [-0.39, 0.29) is 31.3 Å². The van der Waals surface area contributed by atoms with Crippen LogP contribution in [0.25, 0.3) is 10.9 Å². The lowest BCUT2D eigenvalue weighted by Gasteiger charge is -2.12. The van der Waals surface area contributed by atoms with Crippen molar-refractivity contribution in [2.24, 2.45) is 0 Å². The van der Waals surface area contributed by atoms with Crippen LogP contribution in [0.1, 0.15) is 33.6 Å². The fourth-order valence-electron chi connectivity index (χ4n) is 3.49. The molecule has 0 aliphatic carbocycles. The number of rotatable bonds is 10. The van der Waals surface area contributed by atoms with Crippen molar-refractivity contribution in [2.75, 3.05) is 20.3 Å². The minimum atomic E-state index is -0.871. The van der Waals surface area contributed by atoms with Gasteiger partial charge in [-0.05, 0) is 55.3 Å². The summed E-state index contributed by atoms with van der Waals surface area (Å²) in [7, 11) is 1.48. The molecule has 0 aliphatic rings. The standard InChI is InChI=1S/C22H22ClN3O6/c1-13-16(12-19(27)24-10-3-11-32-26(29)30)20-17(25-13)8-9-18(31-2)21(20)22(28)14-4-6-15(23)7-5-14/h4-9,25H,3,10-12H2,1-2H3,(H,24,27). The number of carbonyl (C=O) groups excluding carboxylic acids is 2. The van der Waals surface area contributed by atoms with Crippen LogP contribution in [0, 0.1) is 17.0 Å². The van der Waals surface area contributed by atoms with Crippen molar-refractivity contribution in [1.29, 1.82) is 0 Å². The van der Waals surface area contributed by atoms with Crippen LogP contribution in [0.15, 0.2) is 36.4 Å². The molecule has 1 aromatic heterocycles. The van der Waals surface area contributed by atoms with Crippen LogP contribution in [0.4, 0.5) is 0 Å². The first-order valence-corrected chi connectivity index (χ1v) is 10.2. The number of hydrogen-bond acceptors (Lipinski definition) is 6. The Balaban J connectivity index is 1.91. The largest absolute Gasteiger partial charge is 0.496 e. The van der Waals surface area contributed by atoms with Gasteiger partial charge in [0.05, 0.1) is 25.7 Å². The highest BCUT2D eigenvalue weighted by Gasteiger charge is 2.23. The van der Waals surface area contributed by atoms with Crippen LogP contribution in [-0.2, 0) is 16.1 Å². The van der Waals surface area contributed by atoms with Gasteiger partial charge in [-0.3, -0.25) is 9.59 Å². The molecule has 168 valence electrons. The van der Waals surface area contributed by atoms with Gasteiger partial charge in [0.1, 0.15) is 5.75 Å². The summed E-state index contributed by atoms with van der Waals surface area (Å²) >= 11 is 5.95. The number of ketones is 1. The fraction of sp³-hybridized carbons (Fsp3) is 0.273. The molecule has 0 saturated carbocycles. The molecule has 1 heterocycles. The van der Waals surface area contributed by atoms with Gasteiger partial charge in [-0.15, -0.1) is 10.1 Å². The molecular weight excluding hydrogens is 438 g/mol. The van der Waals surface area contributed by atoms with Gasteiger partial charge in [0.25, 0.3) is 5.09 Å². The summed E-state index contributed by atoms with van der Waals surface area (Å²) in [5.74, 6) is -0.125. The molecule has 3 rings (SSSR count). The third-order valence-electron chi connectivity index (χ3n) is 4.97. The summed E-state index contributed by atoms with van der Waals surface area (Å²) < 4.78 is 5.47. The van der Waals surface area contributed by atoms with E-state index in [1.54, 1.807) is 36.4 Å². The van der Waals surface area contributed by atoms with Gasteiger partial charge in [0, 0.05) is 33.7 Å². The second kappa shape index (κ2) is 10.1. The zero-order valence-corrected chi connectivity index (χ0v) is 18.3. The predicted octanol–water partition coefficient (Wildman–Crippen LogP) is 3.63. The Morgan fingerprint density at radius 3 is 2.56 bits per heavy atom. The molecule has 3 aromatic rings. The number of nitrogens with one attached hydrogen (secondary N) is 2. The van der Waals surface area contributed by atoms with E-state index in [2.05, 4.69) is 15.1 Å². The van der Waals surface area contributed by atoms with Gasteiger partial charge >= 0.3 is 0 Å². The van der Waals surface area contributed by atoms with Gasteiger partial charge in [-0.2, -0.15) is 0 Å². The number of ether oxygens (including phenoxy) is 1. The summed E-state index contributed by atoms with van der Waals surface area (Å²) in [6.07, 6.45) is 0.323. The van der Waals surface area contributed by atoms with Crippen LogP contribution in [0.3, 0.4) is 0 Å². The molecule has 1 amide bonds. The number of aromatic nitrogens is 1. The van der Waals surface area contributed by atoms with Crippen molar-refractivity contribution < 1.29 is 24.3 Å². The normalized spacial score (nSPS) is 10.7. The second-order valence-corrected chi connectivity index (χ2v) is 7.50. The van der Waals surface area contributed by atoms with Crippen molar-refractivity contribution in [3.05, 3.63) is 73.9 Å². The Hall–Kier alpha value is -3.59. The van der Waals surface area contributed by atoms with E-state index in [1.165, 1.54) is 7.11 Å². The van der Waals surface area contributed by atoms with E-state index in [1.807, 2.05) is 6.92 Å². The van der Waals surface area contributed by atoms with E-state index in [9.17, 15) is 19.7 Å². The minimum absolute atomic E-state index is 0.0238. The first-order valence-electron chi connectivity index (χ1n) is 9.84. The quantitative estimate of drug-likeness (QED) is 0.206. The van der Waals surface area contributed by atoms with Gasteiger partial charge in [-0.1, -0.05) is 11.6 Å². The van der Waals surface area contributed by atoms with Crippen molar-refractivity contribution in [1.82, 2.24) is 10.3 Å². The Kier molecular flexibility index (Phi) is 7.32. The van der Waals surface area contributed by atoms with E-state index in [0.29, 0.717) is 44.8 Å². The summed E-state index contributed by atoms with van der Waals surface area (Å²) in [6.45, 7) is 1.96. The number of H-pyrrole nitrogens is 1. The Morgan fingerprint density at radius 1 is 1.19 bits per heavy atom. The zero-order chi connectivity index (χ0) is 23.3. The SMILES string of the molecule is COc1ccc2[nH]c(C)c(CC(=O)NCCCO[N+](=O)[O-])c2c1C(=O)c1ccc(Cl)cc1. The average molecular weight is 460 g/mol. The predicted molar refractivity (Wildman–Crippen MR) is 119 cm³/mol. The maximum Gasteiger partial charge on any atom is 0.294 e. The van der Waals surface area contributed by atoms with Gasteiger partial charge in [0.15, 0.2) is 5.78 Å². The lowest BCUT2D eigenvalue weighted by Crippen LogP contribution is -2.27. The maximum absolute atomic E-state index is 13.4. The minimum Gasteiger partial charge on any atom is -0.496 e. The van der Waals surface area contributed by atoms with Crippen LogP contribution in [-0.4, -0.2) is 42.0 Å². The number of halogens is 1. The van der Waals surface area contributed by atoms with Gasteiger partial charge in [-0.25, -0.2) is 0 Å². The zero-order valence-electron chi connectivity index (χ0n) is 17.6. The van der Waals surface area contributed by atoms with E-state index in [0.717, 1.165) is 5.69 Å². The number of aromatic amines is 1. The smallest absolute Gasteiger partial charge is 0.294 e. The molecular formula is C22H22ClN3O6. The molecule has 0 radical (unpaired) electrons. The molecule has 0 bridgehead atoms. The third kappa shape index (κ3) is 5.17. The second-order valence-electron chi connectivity index (χ2n) is 7.07. The van der Waals surface area contributed by atoms with Crippen LogP contribution in [0.2, 0.25) is 5.02 Å². The first-order chi connectivity index (χ1) is 15.3. The Labute approximate surface area is 188 Å². The third-order valence-corrected chi connectivity index (χ3v) is 5.23. The lowest BCUT2D eigenvalue weighted by molar-refractivity contribution is -0.757. The number of benzene rings is 2. The van der Waals surface area contributed by atoms with Crippen molar-refractivity contribution in [3.63, 3.8) is 0 Å². The number of aryl methyl sites for hydroxylation is 1. The first kappa shape index (κ1) is 23.1. The van der Waals surface area contributed by atoms with Crippen molar-refractivity contribution in [3.8, 4) is 5.75 Å². The highest BCUT2D eigenvalue weighted by Crippen LogP contribution is 2.34. The number of fused-ring (bicyclic) bond motifs is 1. The fourth-order valence-corrected chi connectivity index (χ4v) is 3.62. The number of nitrogens with zero attached hydrogens (tertiary/aromatic N) is 1. The number of methoxy groups -OCH3 is 1. The molecule has 0 saturated heterocycles. The molecule has 9 nitrogen and oxygen atoms in total. The van der Waals surface area contributed by atoms with Crippen LogP contribution in [0.5, 0.6) is 5.75 Å². The van der Waals surface area contributed by atoms with Gasteiger partial charge < -0.3 is 19.9 Å². The molecule has 0 aliphatic heterocycles. The molecule has 0 unspecified atom stereocenters. The van der Waals surface area contributed by atoms with Crippen LogP contribution >= 0.6 is 11.6 Å². The summed E-state index contributed by atoms with van der Waals surface area (Å²) in [5, 5.41) is 13.2. The topological polar surface area (TPSA) is 124 Å². The van der Waals surface area contributed by atoms with E-state index < -0.39 is 5.09 Å². The highest BCUT2D eigenvalue weighted by molar-refractivity contribution is 6.30. The Morgan fingerprint density at radius 2 is 1.91 bits per heavy atom. The van der Waals surface area contributed by atoms with Crippen molar-refractivity contribution >= 4 is 34.2 Å².